The number of ether oxygens (including phenoxy) is 2. The molecule has 0 bridgehead atoms. The molecule has 3 aliphatic rings. The van der Waals surface area contributed by atoms with Gasteiger partial charge in [-0.15, -0.1) is 0 Å². The summed E-state index contributed by atoms with van der Waals surface area (Å²) in [5.74, 6) is 3.41. The summed E-state index contributed by atoms with van der Waals surface area (Å²) in [6.45, 7) is 4.74. The number of benzene rings is 7. The minimum atomic E-state index is -0.249. The lowest BCUT2D eigenvalue weighted by atomic mass is 9.35. The van der Waals surface area contributed by atoms with Crippen molar-refractivity contribution in [3.8, 4) is 39.8 Å². The van der Waals surface area contributed by atoms with Crippen LogP contribution in [0.1, 0.15) is 25.0 Å². The lowest BCUT2D eigenvalue weighted by Gasteiger charge is -2.33. The second-order valence-electron chi connectivity index (χ2n) is 14.4. The molecular weight excluding hydrogens is 613 g/mol. The monoisotopic (exact) mass is 641 g/mol. The minimum absolute atomic E-state index is 0.0224. The predicted molar refractivity (Wildman–Crippen MR) is 203 cm³/mol. The largest absolute Gasteiger partial charge is 0.458 e. The fourth-order valence-corrected chi connectivity index (χ4v) is 9.46. The van der Waals surface area contributed by atoms with Crippen molar-refractivity contribution in [3.63, 3.8) is 0 Å². The van der Waals surface area contributed by atoms with Gasteiger partial charge >= 0.3 is 0 Å². The summed E-state index contributed by atoms with van der Waals surface area (Å²) in [5.41, 5.74) is 13.3. The van der Waals surface area contributed by atoms with Crippen LogP contribution in [0.25, 0.3) is 60.6 Å². The summed E-state index contributed by atoms with van der Waals surface area (Å²) in [6.07, 6.45) is 0. The van der Waals surface area contributed by atoms with E-state index in [-0.39, 0.29) is 12.1 Å². The van der Waals surface area contributed by atoms with Crippen LogP contribution in [0, 0.1) is 0 Å². The molecular formula is C45H28BNO3. The van der Waals surface area contributed by atoms with Crippen LogP contribution in [0.2, 0.25) is 0 Å². The Balaban J connectivity index is 1.26. The molecule has 2 aromatic heterocycles. The lowest BCUT2D eigenvalue weighted by molar-refractivity contribution is 0.464. The molecule has 50 heavy (non-hydrogen) atoms. The van der Waals surface area contributed by atoms with Crippen molar-refractivity contribution < 1.29 is 13.9 Å². The first-order valence-corrected chi connectivity index (χ1v) is 17.3. The summed E-state index contributed by atoms with van der Waals surface area (Å²) >= 11 is 0. The zero-order chi connectivity index (χ0) is 32.9. The third-order valence-electron chi connectivity index (χ3n) is 11.5. The Kier molecular flexibility index (Phi) is 4.85. The molecule has 0 amide bonds. The predicted octanol–water partition coefficient (Wildman–Crippen LogP) is 9.72. The van der Waals surface area contributed by atoms with E-state index in [1.165, 1.54) is 33.0 Å². The SMILES string of the molecule is CC1(C)c2ccccc2-c2c1c1c3ccccc3n(-c3cc4c5c(c3)Oc3ccccc3B5c3ccccc3O4)c1c1c2oc2ccccc21. The molecule has 5 heteroatoms. The summed E-state index contributed by atoms with van der Waals surface area (Å²) < 4.78 is 22.9. The van der Waals surface area contributed by atoms with E-state index in [1.807, 2.05) is 12.1 Å². The van der Waals surface area contributed by atoms with Gasteiger partial charge in [0.25, 0.3) is 6.71 Å². The van der Waals surface area contributed by atoms with E-state index in [1.54, 1.807) is 0 Å². The van der Waals surface area contributed by atoms with Crippen molar-refractivity contribution in [2.75, 3.05) is 0 Å². The molecule has 0 saturated heterocycles. The highest BCUT2D eigenvalue weighted by atomic mass is 16.5. The van der Waals surface area contributed by atoms with Gasteiger partial charge in [0.1, 0.15) is 34.2 Å². The van der Waals surface area contributed by atoms with Crippen molar-refractivity contribution in [1.82, 2.24) is 4.57 Å². The van der Waals surface area contributed by atoms with E-state index in [0.29, 0.717) is 0 Å². The molecule has 0 atom stereocenters. The maximum absolute atomic E-state index is 6.91. The number of furan rings is 1. The zero-order valence-electron chi connectivity index (χ0n) is 27.5. The fraction of sp³-hybridized carbons (Fsp3) is 0.0667. The highest BCUT2D eigenvalue weighted by molar-refractivity contribution is 6.98. The van der Waals surface area contributed by atoms with Gasteiger partial charge in [0.2, 0.25) is 0 Å². The molecule has 4 nitrogen and oxygen atoms in total. The van der Waals surface area contributed by atoms with Gasteiger partial charge in [-0.3, -0.25) is 0 Å². The maximum atomic E-state index is 6.91. The first-order chi connectivity index (χ1) is 24.6. The molecule has 0 N–H and O–H groups in total. The van der Waals surface area contributed by atoms with Crippen LogP contribution in [0.3, 0.4) is 0 Å². The van der Waals surface area contributed by atoms with Gasteiger partial charge in [-0.1, -0.05) is 111 Å². The van der Waals surface area contributed by atoms with Gasteiger partial charge in [-0.2, -0.15) is 0 Å². The van der Waals surface area contributed by atoms with E-state index in [2.05, 4.69) is 140 Å². The van der Waals surface area contributed by atoms with Crippen LogP contribution in [0.5, 0.6) is 23.0 Å². The second-order valence-corrected chi connectivity index (χ2v) is 14.4. The van der Waals surface area contributed by atoms with Crippen LogP contribution in [-0.4, -0.2) is 11.3 Å². The van der Waals surface area contributed by atoms with Crippen molar-refractivity contribution in [2.45, 2.75) is 19.3 Å². The number of hydrogen-bond acceptors (Lipinski definition) is 3. The number of rotatable bonds is 1. The topological polar surface area (TPSA) is 36.5 Å². The Morgan fingerprint density at radius 3 is 1.98 bits per heavy atom. The second kappa shape index (κ2) is 9.07. The standard InChI is InChI=1S/C45H28BNO3/c1-45(2)29-16-6-3-13-26(29)39-41(45)38-27-14-4-9-19-32(27)47(43(38)40-28-15-5-10-20-33(28)50-44(39)40)25-23-36-42-37(24-25)49-35-22-12-8-18-31(35)46(42)30-17-7-11-21-34(30)48-36/h3-24H,1-2H3. The first kappa shape index (κ1) is 26.7. The Hall–Kier alpha value is -6.20. The van der Waals surface area contributed by atoms with E-state index >= 15 is 0 Å². The van der Waals surface area contributed by atoms with Gasteiger partial charge in [-0.05, 0) is 51.9 Å². The molecule has 9 aromatic rings. The van der Waals surface area contributed by atoms with Gasteiger partial charge < -0.3 is 18.5 Å². The molecule has 2 aliphatic heterocycles. The van der Waals surface area contributed by atoms with Gasteiger partial charge in [-0.25, -0.2) is 0 Å². The highest BCUT2D eigenvalue weighted by Crippen LogP contribution is 2.58. The third kappa shape index (κ3) is 3.14. The average molecular weight is 642 g/mol. The number of fused-ring (bicyclic) bond motifs is 16. The Morgan fingerprint density at radius 1 is 0.600 bits per heavy atom. The molecule has 7 aromatic carbocycles. The molecule has 0 fully saturated rings. The van der Waals surface area contributed by atoms with Crippen LogP contribution in [0.4, 0.5) is 0 Å². The Morgan fingerprint density at radius 2 is 1.22 bits per heavy atom. The van der Waals surface area contributed by atoms with Crippen molar-refractivity contribution in [2.24, 2.45) is 0 Å². The Bertz CT molecular complexity index is 2910. The van der Waals surface area contributed by atoms with Gasteiger partial charge in [0.15, 0.2) is 0 Å². The zero-order valence-corrected chi connectivity index (χ0v) is 27.5. The molecule has 4 heterocycles. The van der Waals surface area contributed by atoms with E-state index in [0.717, 1.165) is 78.0 Å². The summed E-state index contributed by atoms with van der Waals surface area (Å²) in [7, 11) is 0. The number of para-hydroxylation sites is 4. The third-order valence-corrected chi connectivity index (χ3v) is 11.5. The number of hydrogen-bond donors (Lipinski definition) is 0. The molecule has 0 saturated carbocycles. The molecule has 0 unspecified atom stereocenters. The van der Waals surface area contributed by atoms with Crippen molar-refractivity contribution in [3.05, 3.63) is 145 Å². The number of nitrogens with zero attached hydrogens (tertiary/aromatic N) is 1. The summed E-state index contributed by atoms with van der Waals surface area (Å²) in [4.78, 5) is 0. The molecule has 0 radical (unpaired) electrons. The Labute approximate surface area is 288 Å². The van der Waals surface area contributed by atoms with E-state index in [4.69, 9.17) is 13.9 Å². The van der Waals surface area contributed by atoms with Crippen LogP contribution in [0.15, 0.2) is 138 Å². The average Bonchev–Trinajstić information content (AvgIpc) is 3.77. The van der Waals surface area contributed by atoms with Gasteiger partial charge in [0, 0.05) is 44.7 Å². The van der Waals surface area contributed by atoms with Crippen LogP contribution in [-0.2, 0) is 5.41 Å². The first-order valence-electron chi connectivity index (χ1n) is 17.3. The van der Waals surface area contributed by atoms with Crippen LogP contribution >= 0.6 is 0 Å². The molecule has 0 spiro atoms. The van der Waals surface area contributed by atoms with Crippen LogP contribution < -0.4 is 25.9 Å². The summed E-state index contributed by atoms with van der Waals surface area (Å²) in [6, 6.07) is 47.3. The smallest absolute Gasteiger partial charge is 0.260 e. The summed E-state index contributed by atoms with van der Waals surface area (Å²) in [5, 5.41) is 4.71. The quantitative estimate of drug-likeness (QED) is 0.168. The van der Waals surface area contributed by atoms with E-state index < -0.39 is 0 Å². The van der Waals surface area contributed by atoms with Gasteiger partial charge in [0.05, 0.1) is 22.1 Å². The number of aromatic nitrogens is 1. The normalized spacial score (nSPS) is 14.6. The van der Waals surface area contributed by atoms with E-state index in [9.17, 15) is 0 Å². The van der Waals surface area contributed by atoms with Crippen molar-refractivity contribution >= 4 is 66.8 Å². The molecule has 234 valence electrons. The fourth-order valence-electron chi connectivity index (χ4n) is 9.46. The molecule has 12 rings (SSSR count). The minimum Gasteiger partial charge on any atom is -0.458 e. The molecule has 1 aliphatic carbocycles. The maximum Gasteiger partial charge on any atom is 0.260 e. The highest BCUT2D eigenvalue weighted by Gasteiger charge is 2.43. The van der Waals surface area contributed by atoms with Crippen molar-refractivity contribution in [1.29, 1.82) is 0 Å². The lowest BCUT2D eigenvalue weighted by Crippen LogP contribution is -2.57.